The first kappa shape index (κ1) is 16.0. The van der Waals surface area contributed by atoms with E-state index in [0.29, 0.717) is 30.3 Å². The van der Waals surface area contributed by atoms with Gasteiger partial charge in [-0.25, -0.2) is 0 Å². The summed E-state index contributed by atoms with van der Waals surface area (Å²) in [5, 5.41) is 7.66. The van der Waals surface area contributed by atoms with Gasteiger partial charge >= 0.3 is 0 Å². The first-order valence-corrected chi connectivity index (χ1v) is 7.60. The molecule has 0 aliphatic carbocycles. The highest BCUT2D eigenvalue weighted by Gasteiger charge is 2.23. The van der Waals surface area contributed by atoms with Gasteiger partial charge in [0.1, 0.15) is 5.69 Å². The van der Waals surface area contributed by atoms with Gasteiger partial charge in [-0.1, -0.05) is 0 Å². The van der Waals surface area contributed by atoms with E-state index in [2.05, 4.69) is 15.3 Å². The molecule has 118 valence electrons. The molecule has 0 aromatic carbocycles. The topological polar surface area (TPSA) is 59.4 Å². The minimum Gasteiger partial charge on any atom is -0.493 e. The number of hydrogen-bond donors (Lipinski definition) is 1. The minimum atomic E-state index is 0.136. The Morgan fingerprint density at radius 2 is 2.38 bits per heavy atom. The fourth-order valence-electron chi connectivity index (χ4n) is 2.72. The second kappa shape index (κ2) is 7.56. The van der Waals surface area contributed by atoms with E-state index in [9.17, 15) is 4.79 Å². The maximum atomic E-state index is 12.6. The van der Waals surface area contributed by atoms with Gasteiger partial charge in [0.05, 0.1) is 19.9 Å². The molecule has 0 radical (unpaired) electrons. The molecule has 1 N–H and O–H groups in total. The molecule has 6 heteroatoms. The van der Waals surface area contributed by atoms with Gasteiger partial charge in [0, 0.05) is 13.0 Å². The molecule has 1 aliphatic heterocycles. The molecule has 0 amide bonds. The van der Waals surface area contributed by atoms with Crippen molar-refractivity contribution in [3.63, 3.8) is 0 Å². The van der Waals surface area contributed by atoms with Gasteiger partial charge in [-0.15, -0.1) is 0 Å². The summed E-state index contributed by atoms with van der Waals surface area (Å²) in [6.45, 7) is 3.53. The van der Waals surface area contributed by atoms with Crippen LogP contribution in [0.5, 0.6) is 5.75 Å². The summed E-state index contributed by atoms with van der Waals surface area (Å²) in [4.78, 5) is 14.7. The van der Waals surface area contributed by atoms with Gasteiger partial charge < -0.3 is 15.0 Å². The molecule has 1 aliphatic rings. The molecule has 1 atom stereocenters. The van der Waals surface area contributed by atoms with Crippen LogP contribution in [0.25, 0.3) is 0 Å². The molecule has 1 unspecified atom stereocenters. The van der Waals surface area contributed by atoms with Crippen LogP contribution < -0.4 is 10.1 Å². The standard InChI is InChI=1S/C15H26N4O2/c1-18(2)7-8-19-15(14(21-3)11-17-19)13(20)9-12-5-4-6-16-10-12/h11-12,16H,4-10H2,1-3H3. The van der Waals surface area contributed by atoms with Gasteiger partial charge in [0.15, 0.2) is 11.5 Å². The molecule has 0 bridgehead atoms. The van der Waals surface area contributed by atoms with Crippen LogP contribution in [0.2, 0.25) is 0 Å². The molecule has 21 heavy (non-hydrogen) atoms. The van der Waals surface area contributed by atoms with E-state index < -0.39 is 0 Å². The SMILES string of the molecule is COc1cnn(CCN(C)C)c1C(=O)CC1CCCNC1. The van der Waals surface area contributed by atoms with Crippen LogP contribution >= 0.6 is 0 Å². The molecular weight excluding hydrogens is 268 g/mol. The number of nitrogens with one attached hydrogen (secondary N) is 1. The summed E-state index contributed by atoms with van der Waals surface area (Å²) in [5.41, 5.74) is 0.616. The zero-order valence-corrected chi connectivity index (χ0v) is 13.3. The predicted octanol–water partition coefficient (Wildman–Crippen LogP) is 1.03. The van der Waals surface area contributed by atoms with Gasteiger partial charge in [-0.3, -0.25) is 9.48 Å². The van der Waals surface area contributed by atoms with E-state index in [0.717, 1.165) is 32.5 Å². The molecule has 1 fully saturated rings. The Morgan fingerprint density at radius 3 is 3.00 bits per heavy atom. The summed E-state index contributed by atoms with van der Waals surface area (Å²) in [6, 6.07) is 0. The molecule has 0 saturated carbocycles. The maximum absolute atomic E-state index is 12.6. The number of rotatable bonds is 7. The van der Waals surface area contributed by atoms with E-state index in [4.69, 9.17) is 4.74 Å². The highest BCUT2D eigenvalue weighted by molar-refractivity contribution is 5.97. The zero-order chi connectivity index (χ0) is 15.2. The van der Waals surface area contributed by atoms with Crippen LogP contribution in [-0.2, 0) is 6.54 Å². The molecule has 0 spiro atoms. The summed E-state index contributed by atoms with van der Waals surface area (Å²) >= 11 is 0. The molecule has 1 aromatic heterocycles. The zero-order valence-electron chi connectivity index (χ0n) is 13.3. The number of hydrogen-bond acceptors (Lipinski definition) is 5. The monoisotopic (exact) mass is 294 g/mol. The molecule has 2 rings (SSSR count). The average Bonchev–Trinajstić information content (AvgIpc) is 2.89. The van der Waals surface area contributed by atoms with Crippen molar-refractivity contribution in [2.24, 2.45) is 5.92 Å². The van der Waals surface area contributed by atoms with Crippen molar-refractivity contribution in [1.82, 2.24) is 20.0 Å². The Labute approximate surface area is 126 Å². The number of ether oxygens (including phenoxy) is 1. The van der Waals surface area contributed by atoms with E-state index in [1.54, 1.807) is 18.0 Å². The molecule has 1 aromatic rings. The fourth-order valence-corrected chi connectivity index (χ4v) is 2.72. The lowest BCUT2D eigenvalue weighted by Gasteiger charge is -2.22. The first-order chi connectivity index (χ1) is 10.1. The maximum Gasteiger partial charge on any atom is 0.184 e. The van der Waals surface area contributed by atoms with Gasteiger partial charge in [0.25, 0.3) is 0 Å². The van der Waals surface area contributed by atoms with Crippen LogP contribution in [0.1, 0.15) is 29.8 Å². The predicted molar refractivity (Wildman–Crippen MR) is 81.9 cm³/mol. The Balaban J connectivity index is 2.07. The van der Waals surface area contributed by atoms with Crippen molar-refractivity contribution in [2.75, 3.05) is 40.8 Å². The second-order valence-corrected chi connectivity index (χ2v) is 5.93. The number of piperidine rings is 1. The van der Waals surface area contributed by atoms with Crippen LogP contribution in [0.3, 0.4) is 0 Å². The van der Waals surface area contributed by atoms with Gasteiger partial charge in [-0.05, 0) is 45.9 Å². The van der Waals surface area contributed by atoms with Crippen molar-refractivity contribution in [2.45, 2.75) is 25.8 Å². The van der Waals surface area contributed by atoms with Crippen LogP contribution in [0, 0.1) is 5.92 Å². The second-order valence-electron chi connectivity index (χ2n) is 5.93. The number of methoxy groups -OCH3 is 1. The van der Waals surface area contributed by atoms with E-state index in [-0.39, 0.29) is 5.78 Å². The lowest BCUT2D eigenvalue weighted by Crippen LogP contribution is -2.31. The summed E-state index contributed by atoms with van der Waals surface area (Å²) in [5.74, 6) is 1.15. The van der Waals surface area contributed by atoms with E-state index in [1.165, 1.54) is 0 Å². The molecule has 2 heterocycles. The third kappa shape index (κ3) is 4.28. The first-order valence-electron chi connectivity index (χ1n) is 7.60. The number of carbonyl (C=O) groups is 1. The van der Waals surface area contributed by atoms with E-state index >= 15 is 0 Å². The number of ketones is 1. The third-order valence-electron chi connectivity index (χ3n) is 3.92. The quantitative estimate of drug-likeness (QED) is 0.761. The van der Waals surface area contributed by atoms with Gasteiger partial charge in [0.2, 0.25) is 0 Å². The minimum absolute atomic E-state index is 0.136. The molecule has 1 saturated heterocycles. The normalized spacial score (nSPS) is 19.0. The Hall–Kier alpha value is -1.40. The lowest BCUT2D eigenvalue weighted by molar-refractivity contribution is 0.0939. The Kier molecular flexibility index (Phi) is 5.76. The highest BCUT2D eigenvalue weighted by Crippen LogP contribution is 2.23. The Bertz CT molecular complexity index is 464. The summed E-state index contributed by atoms with van der Waals surface area (Å²) in [7, 11) is 5.61. The fraction of sp³-hybridized carbons (Fsp3) is 0.733. The van der Waals surface area contributed by atoms with Crippen molar-refractivity contribution in [1.29, 1.82) is 0 Å². The van der Waals surface area contributed by atoms with Gasteiger partial charge in [-0.2, -0.15) is 5.10 Å². The summed E-state index contributed by atoms with van der Waals surface area (Å²) < 4.78 is 7.08. The summed E-state index contributed by atoms with van der Waals surface area (Å²) in [6.07, 6.45) is 4.47. The number of Topliss-reactive ketones (excluding diaryl/α,β-unsaturated/α-hetero) is 1. The van der Waals surface area contributed by atoms with Crippen LogP contribution in [0.4, 0.5) is 0 Å². The van der Waals surface area contributed by atoms with Crippen molar-refractivity contribution < 1.29 is 9.53 Å². The number of likely N-dealkylation sites (N-methyl/N-ethyl adjacent to an activating group) is 1. The van der Waals surface area contributed by atoms with Crippen molar-refractivity contribution >= 4 is 5.78 Å². The van der Waals surface area contributed by atoms with Crippen molar-refractivity contribution in [3.8, 4) is 5.75 Å². The van der Waals surface area contributed by atoms with E-state index in [1.807, 2.05) is 14.1 Å². The number of aromatic nitrogens is 2. The number of nitrogens with zero attached hydrogens (tertiary/aromatic N) is 3. The molecule has 6 nitrogen and oxygen atoms in total. The third-order valence-corrected chi connectivity index (χ3v) is 3.92. The van der Waals surface area contributed by atoms with Crippen LogP contribution in [-0.4, -0.2) is 61.3 Å². The lowest BCUT2D eigenvalue weighted by atomic mass is 9.93. The Morgan fingerprint density at radius 1 is 1.57 bits per heavy atom. The smallest absolute Gasteiger partial charge is 0.184 e. The average molecular weight is 294 g/mol. The van der Waals surface area contributed by atoms with Crippen molar-refractivity contribution in [3.05, 3.63) is 11.9 Å². The highest BCUT2D eigenvalue weighted by atomic mass is 16.5. The number of carbonyl (C=O) groups excluding carboxylic acids is 1. The van der Waals surface area contributed by atoms with Crippen LogP contribution in [0.15, 0.2) is 6.20 Å². The molecular formula is C15H26N4O2. The largest absolute Gasteiger partial charge is 0.493 e.